The quantitative estimate of drug-likeness (QED) is 0.155. The second-order valence-electron chi connectivity index (χ2n) is 30.8. The number of rotatable bonds is 6. The summed E-state index contributed by atoms with van der Waals surface area (Å²) in [7, 11) is -1.33. The van der Waals surface area contributed by atoms with E-state index < -0.39 is 14.0 Å². The van der Waals surface area contributed by atoms with Crippen molar-refractivity contribution in [2.45, 2.75) is 155 Å². The number of hydrogen-bond acceptors (Lipinski definition) is 8. The topological polar surface area (TPSA) is 55.4 Å². The van der Waals surface area contributed by atoms with Crippen molar-refractivity contribution in [1.82, 2.24) is 0 Å². The zero-order valence-corrected chi connectivity index (χ0v) is 61.2. The Balaban J connectivity index is 0.000000128. The molecule has 0 saturated carbocycles. The Morgan fingerprint density at radius 3 is 0.948 bits per heavy atom. The molecule has 3 fully saturated rings. The maximum absolute atomic E-state index is 6.39. The number of hydrogen-bond donors (Lipinski definition) is 0. The van der Waals surface area contributed by atoms with E-state index in [0.717, 1.165) is 9.94 Å². The number of halogens is 1. The molecule has 3 saturated heterocycles. The highest BCUT2D eigenvalue weighted by Crippen LogP contribution is 2.54. The van der Waals surface area contributed by atoms with Crippen molar-refractivity contribution in [3.05, 3.63) is 233 Å². The van der Waals surface area contributed by atoms with E-state index in [9.17, 15) is 0 Å². The van der Waals surface area contributed by atoms with E-state index in [0.29, 0.717) is 0 Å². The molecular weight excluding hydrogens is 1280 g/mol. The van der Waals surface area contributed by atoms with Crippen LogP contribution in [0.25, 0.3) is 107 Å². The van der Waals surface area contributed by atoms with Crippen LogP contribution in [0, 0.1) is 0 Å². The maximum atomic E-state index is 6.39. The Kier molecular flexibility index (Phi) is 15.6. The molecule has 0 spiro atoms. The minimum Gasteiger partial charge on any atom is -0.405 e. The average molecular weight is 1360 g/mol. The molecule has 5 heterocycles. The van der Waals surface area contributed by atoms with E-state index in [4.69, 9.17) is 27.9 Å². The van der Waals surface area contributed by atoms with Crippen LogP contribution >= 0.6 is 38.6 Å². The summed E-state index contributed by atoms with van der Waals surface area (Å²) in [5.74, 6) is 0. The molecule has 3 aliphatic heterocycles. The third-order valence-corrected chi connectivity index (χ3v) is 25.5. The van der Waals surface area contributed by atoms with Crippen LogP contribution in [0.2, 0.25) is 0 Å². The fraction of sp³-hybridized carbons (Fsp3) is 0.286. The van der Waals surface area contributed by atoms with Crippen LogP contribution in [0.15, 0.2) is 211 Å². The van der Waals surface area contributed by atoms with Gasteiger partial charge in [-0.2, -0.15) is 0 Å². The van der Waals surface area contributed by atoms with Gasteiger partial charge >= 0.3 is 21.1 Å². The van der Waals surface area contributed by atoms with Gasteiger partial charge in [0.05, 0.1) is 33.6 Å². The van der Waals surface area contributed by atoms with Crippen LogP contribution in [0.5, 0.6) is 0 Å². The molecule has 0 amide bonds. The lowest BCUT2D eigenvalue weighted by Gasteiger charge is -2.32. The van der Waals surface area contributed by atoms with E-state index in [1.165, 1.54) is 129 Å². The van der Waals surface area contributed by atoms with Crippen molar-refractivity contribution in [2.24, 2.45) is 0 Å². The van der Waals surface area contributed by atoms with Crippen molar-refractivity contribution < 1.29 is 27.9 Å². The average Bonchev–Trinajstić information content (AvgIpc) is 1.57. The molecule has 0 unspecified atom stereocenters. The van der Waals surface area contributed by atoms with Gasteiger partial charge in [-0.05, 0) is 202 Å². The standard InChI is InChI=1S/C39H35BO2S.C33H23BrS.C12H24B2O4/c1-37(2)33-19-8-7-14-29(33)30-21-20-25(23-34(30)37)28-16-11-18-32-31-17-10-15-27(35(31)43-36(28)32)24-12-9-13-26(22-24)40-41-38(3,4)39(5,6)42-40;1-33(2)29-15-4-3-10-25(29)26-17-16-21(19-30(26)33)24-12-7-14-28-27-13-6-11-23(31(27)35-32(24)28)20-8-5-9-22(34)18-20;1-9(2)10(3,4)16-13(15-9)14-17-11(5,6)12(7,8)18-14/h7-23H,1-6H3;3-19H,1-2H3;1-8H3. The summed E-state index contributed by atoms with van der Waals surface area (Å²) >= 11 is 7.46. The van der Waals surface area contributed by atoms with Gasteiger partial charge in [0.2, 0.25) is 0 Å². The van der Waals surface area contributed by atoms with Crippen LogP contribution in [-0.4, -0.2) is 54.7 Å². The Morgan fingerprint density at radius 1 is 0.271 bits per heavy atom. The van der Waals surface area contributed by atoms with E-state index in [1.54, 1.807) is 0 Å². The summed E-state index contributed by atoms with van der Waals surface area (Å²) in [6, 6.07) is 76.1. The first kappa shape index (κ1) is 65.0. The number of benzene rings is 10. The summed E-state index contributed by atoms with van der Waals surface area (Å²) in [5.41, 5.74) is 20.1. The zero-order valence-electron chi connectivity index (χ0n) is 58.0. The van der Waals surface area contributed by atoms with E-state index in [2.05, 4.69) is 278 Å². The molecule has 2 aliphatic carbocycles. The molecule has 482 valence electrons. The fourth-order valence-corrected chi connectivity index (χ4v) is 17.9. The van der Waals surface area contributed by atoms with Crippen molar-refractivity contribution in [1.29, 1.82) is 0 Å². The van der Waals surface area contributed by atoms with Crippen LogP contribution in [-0.2, 0) is 38.8 Å². The van der Waals surface area contributed by atoms with E-state index >= 15 is 0 Å². The lowest BCUT2D eigenvalue weighted by Crippen LogP contribution is -2.41. The summed E-state index contributed by atoms with van der Waals surface area (Å²) < 4.78 is 43.1. The van der Waals surface area contributed by atoms with Gasteiger partial charge in [-0.1, -0.05) is 226 Å². The Labute approximate surface area is 584 Å². The summed E-state index contributed by atoms with van der Waals surface area (Å²) in [5, 5.41) is 5.28. The van der Waals surface area contributed by atoms with Gasteiger partial charge < -0.3 is 27.9 Å². The predicted molar refractivity (Wildman–Crippen MR) is 411 cm³/mol. The first-order valence-electron chi connectivity index (χ1n) is 33.8. The van der Waals surface area contributed by atoms with Gasteiger partial charge in [0, 0.05) is 55.6 Å². The molecular formula is C84H82B3BrO6S2. The highest BCUT2D eigenvalue weighted by atomic mass is 79.9. The summed E-state index contributed by atoms with van der Waals surface area (Å²) in [6.07, 6.45) is 0. The number of thiophene rings is 2. The molecule has 10 aromatic carbocycles. The van der Waals surface area contributed by atoms with Gasteiger partial charge in [-0.25, -0.2) is 0 Å². The minimum atomic E-state index is -0.476. The number of fused-ring (bicyclic) bond motifs is 12. The first-order chi connectivity index (χ1) is 45.5. The molecule has 6 nitrogen and oxygen atoms in total. The van der Waals surface area contributed by atoms with Gasteiger partial charge in [0.15, 0.2) is 0 Å². The molecule has 0 atom stereocenters. The monoisotopic (exact) mass is 1360 g/mol. The van der Waals surface area contributed by atoms with Gasteiger partial charge in [-0.3, -0.25) is 0 Å². The first-order valence-corrected chi connectivity index (χ1v) is 36.2. The summed E-state index contributed by atoms with van der Waals surface area (Å²) in [4.78, 5) is 0. The lowest BCUT2D eigenvalue weighted by atomic mass is 9.49. The van der Waals surface area contributed by atoms with Crippen molar-refractivity contribution >= 4 is 106 Å². The van der Waals surface area contributed by atoms with Crippen LogP contribution < -0.4 is 5.46 Å². The molecule has 5 aliphatic rings. The third kappa shape index (κ3) is 10.7. The largest absolute Gasteiger partial charge is 0.494 e. The lowest BCUT2D eigenvalue weighted by molar-refractivity contribution is 0.00578. The van der Waals surface area contributed by atoms with Crippen LogP contribution in [0.3, 0.4) is 0 Å². The highest BCUT2D eigenvalue weighted by Gasteiger charge is 2.64. The van der Waals surface area contributed by atoms with E-state index in [-0.39, 0.29) is 51.6 Å². The van der Waals surface area contributed by atoms with Gasteiger partial charge in [0.25, 0.3) is 0 Å². The zero-order chi connectivity index (χ0) is 67.4. The third-order valence-electron chi connectivity index (χ3n) is 22.5. The molecule has 2 aromatic heterocycles. The van der Waals surface area contributed by atoms with Gasteiger partial charge in [-0.15, -0.1) is 22.7 Å². The fourth-order valence-electron chi connectivity index (χ4n) is 14.8. The SMILES string of the molecule is CC1(C)OB(B2OC(C)(C)C(C)(C)O2)OC1(C)C.CC1(C)c2ccccc2-c2ccc(-c3cccc4c3sc3c(-c5cccc(B6OC(C)(C)C(C)(C)O6)c5)cccc34)cc21.CC1(C)c2ccccc2-c2ccc(-c3cccc4c3sc3c(-c5cccc(Br)c5)cccc34)cc21. The van der Waals surface area contributed by atoms with E-state index in [1.807, 2.05) is 78.1 Å². The Bertz CT molecular complexity index is 5030. The van der Waals surface area contributed by atoms with Crippen molar-refractivity contribution in [3.63, 3.8) is 0 Å². The summed E-state index contributed by atoms with van der Waals surface area (Å²) in [6.45, 7) is 34.0. The molecule has 0 radical (unpaired) electrons. The molecule has 12 aromatic rings. The van der Waals surface area contributed by atoms with Crippen LogP contribution in [0.1, 0.15) is 133 Å². The van der Waals surface area contributed by atoms with Crippen molar-refractivity contribution in [2.75, 3.05) is 0 Å². The molecule has 0 N–H and O–H groups in total. The van der Waals surface area contributed by atoms with Crippen LogP contribution in [0.4, 0.5) is 0 Å². The second-order valence-corrected chi connectivity index (χ2v) is 33.7. The van der Waals surface area contributed by atoms with Crippen molar-refractivity contribution in [3.8, 4) is 66.8 Å². The molecule has 96 heavy (non-hydrogen) atoms. The minimum absolute atomic E-state index is 0.00383. The Hall–Kier alpha value is -6.93. The predicted octanol–water partition coefficient (Wildman–Crippen LogP) is 22.7. The second kappa shape index (κ2) is 23.1. The molecule has 17 rings (SSSR count). The Morgan fingerprint density at radius 2 is 0.573 bits per heavy atom. The highest BCUT2D eigenvalue weighted by molar-refractivity contribution is 9.10. The van der Waals surface area contributed by atoms with Gasteiger partial charge in [0.1, 0.15) is 0 Å². The molecule has 12 heteroatoms. The molecule has 0 bridgehead atoms. The normalized spacial score (nSPS) is 19.0. The smallest absolute Gasteiger partial charge is 0.405 e. The maximum Gasteiger partial charge on any atom is 0.494 e.